The summed E-state index contributed by atoms with van der Waals surface area (Å²) in [5, 5.41) is 3.32. The van der Waals surface area contributed by atoms with E-state index in [9.17, 15) is 0 Å². The van der Waals surface area contributed by atoms with Crippen LogP contribution in [0.3, 0.4) is 0 Å². The van der Waals surface area contributed by atoms with Crippen LogP contribution < -0.4 is 5.32 Å². The molecule has 2 heteroatoms. The van der Waals surface area contributed by atoms with Crippen LogP contribution in [0, 0.1) is 0 Å². The van der Waals surface area contributed by atoms with Gasteiger partial charge in [-0.25, -0.2) is 0 Å². The third kappa shape index (κ3) is 7.69. The lowest BCUT2D eigenvalue weighted by Crippen LogP contribution is -2.25. The van der Waals surface area contributed by atoms with Gasteiger partial charge in [-0.2, -0.15) is 11.8 Å². The Labute approximate surface area is 74.0 Å². The molecule has 0 radical (unpaired) electrons. The van der Waals surface area contributed by atoms with Crippen molar-refractivity contribution in [3.05, 3.63) is 25.3 Å². The minimum absolute atomic E-state index is 0.430. The van der Waals surface area contributed by atoms with Crippen LogP contribution in [0.25, 0.3) is 0 Å². The first-order valence-corrected chi connectivity index (χ1v) is 5.01. The van der Waals surface area contributed by atoms with Crippen LogP contribution in [0.15, 0.2) is 25.3 Å². The quantitative estimate of drug-likeness (QED) is 0.465. The van der Waals surface area contributed by atoms with E-state index in [0.29, 0.717) is 6.04 Å². The molecule has 0 saturated carbocycles. The summed E-state index contributed by atoms with van der Waals surface area (Å²) in [6.07, 6.45) is 3.85. The fourth-order valence-corrected chi connectivity index (χ4v) is 1.20. The number of hydrogen-bond donors (Lipinski definition) is 1. The Morgan fingerprint density at radius 1 is 1.55 bits per heavy atom. The topological polar surface area (TPSA) is 12.0 Å². The van der Waals surface area contributed by atoms with Gasteiger partial charge in [-0.3, -0.25) is 0 Å². The van der Waals surface area contributed by atoms with Crippen molar-refractivity contribution in [1.82, 2.24) is 5.32 Å². The maximum Gasteiger partial charge on any atom is 0.0219 e. The normalized spacial score (nSPS) is 12.5. The highest BCUT2D eigenvalue weighted by molar-refractivity contribution is 7.99. The lowest BCUT2D eigenvalue weighted by atomic mass is 10.3. The molecule has 1 nitrogen and oxygen atoms in total. The van der Waals surface area contributed by atoms with E-state index in [0.717, 1.165) is 18.1 Å². The smallest absolute Gasteiger partial charge is 0.0219 e. The van der Waals surface area contributed by atoms with Crippen molar-refractivity contribution in [2.75, 3.05) is 18.1 Å². The van der Waals surface area contributed by atoms with Crippen LogP contribution in [0.2, 0.25) is 0 Å². The molecule has 0 rings (SSSR count). The standard InChI is InChI=1S/C9H17NS/c1-4-7-11-8-6-10-9(3)5-2/h4-5,9-10H,1-2,6-8H2,3H3. The van der Waals surface area contributed by atoms with Gasteiger partial charge in [0.15, 0.2) is 0 Å². The Bertz CT molecular complexity index is 112. The lowest BCUT2D eigenvalue weighted by molar-refractivity contribution is 0.666. The summed E-state index contributed by atoms with van der Waals surface area (Å²) < 4.78 is 0. The zero-order chi connectivity index (χ0) is 8.53. The van der Waals surface area contributed by atoms with Crippen molar-refractivity contribution in [1.29, 1.82) is 0 Å². The average molecular weight is 171 g/mol. The second-order valence-electron chi connectivity index (χ2n) is 2.34. The number of thioether (sulfide) groups is 1. The minimum atomic E-state index is 0.430. The summed E-state index contributed by atoms with van der Waals surface area (Å²) in [5.74, 6) is 2.19. The molecule has 0 bridgehead atoms. The van der Waals surface area contributed by atoms with E-state index in [1.165, 1.54) is 0 Å². The SMILES string of the molecule is C=CCSCCNC(C)C=C. The monoisotopic (exact) mass is 171 g/mol. The Morgan fingerprint density at radius 2 is 2.27 bits per heavy atom. The summed E-state index contributed by atoms with van der Waals surface area (Å²) in [5.41, 5.74) is 0. The van der Waals surface area contributed by atoms with Crippen LogP contribution in [0.5, 0.6) is 0 Å². The van der Waals surface area contributed by atoms with Gasteiger partial charge < -0.3 is 5.32 Å². The zero-order valence-corrected chi connectivity index (χ0v) is 7.99. The Kier molecular flexibility index (Phi) is 7.74. The Hall–Kier alpha value is -0.210. The van der Waals surface area contributed by atoms with Crippen LogP contribution in [-0.2, 0) is 0 Å². The maximum atomic E-state index is 3.69. The van der Waals surface area contributed by atoms with E-state index in [2.05, 4.69) is 25.4 Å². The molecule has 0 aromatic carbocycles. The molecule has 1 unspecified atom stereocenters. The first kappa shape index (κ1) is 10.8. The van der Waals surface area contributed by atoms with Crippen LogP contribution in [-0.4, -0.2) is 24.1 Å². The van der Waals surface area contributed by atoms with E-state index < -0.39 is 0 Å². The molecule has 11 heavy (non-hydrogen) atoms. The van der Waals surface area contributed by atoms with E-state index in [4.69, 9.17) is 0 Å². The first-order chi connectivity index (χ1) is 5.31. The van der Waals surface area contributed by atoms with Gasteiger partial charge in [0, 0.05) is 24.1 Å². The summed E-state index contributed by atoms with van der Waals surface area (Å²) in [4.78, 5) is 0. The third-order valence-corrected chi connectivity index (χ3v) is 2.27. The highest BCUT2D eigenvalue weighted by Crippen LogP contribution is 1.97. The minimum Gasteiger partial charge on any atom is -0.310 e. The lowest BCUT2D eigenvalue weighted by Gasteiger charge is -2.07. The van der Waals surface area contributed by atoms with Crippen molar-refractivity contribution < 1.29 is 0 Å². The zero-order valence-electron chi connectivity index (χ0n) is 7.18. The summed E-state index contributed by atoms with van der Waals surface area (Å²) >= 11 is 1.89. The molecule has 0 fully saturated rings. The van der Waals surface area contributed by atoms with Crippen LogP contribution in [0.1, 0.15) is 6.92 Å². The van der Waals surface area contributed by atoms with Gasteiger partial charge in [0.25, 0.3) is 0 Å². The van der Waals surface area contributed by atoms with E-state index in [1.54, 1.807) is 0 Å². The van der Waals surface area contributed by atoms with Gasteiger partial charge in [0.1, 0.15) is 0 Å². The second kappa shape index (κ2) is 7.89. The van der Waals surface area contributed by atoms with Crippen molar-refractivity contribution in [3.63, 3.8) is 0 Å². The van der Waals surface area contributed by atoms with Crippen molar-refractivity contribution >= 4 is 11.8 Å². The van der Waals surface area contributed by atoms with Gasteiger partial charge >= 0.3 is 0 Å². The number of nitrogens with one attached hydrogen (secondary N) is 1. The van der Waals surface area contributed by atoms with Gasteiger partial charge in [-0.1, -0.05) is 12.2 Å². The molecule has 0 aromatic heterocycles. The number of rotatable bonds is 7. The molecule has 64 valence electrons. The molecular formula is C9H17NS. The van der Waals surface area contributed by atoms with Crippen molar-refractivity contribution in [2.24, 2.45) is 0 Å². The fourth-order valence-electron chi connectivity index (χ4n) is 0.609. The molecule has 0 aliphatic heterocycles. The largest absolute Gasteiger partial charge is 0.310 e. The second-order valence-corrected chi connectivity index (χ2v) is 3.49. The molecule has 0 aliphatic carbocycles. The van der Waals surface area contributed by atoms with Crippen molar-refractivity contribution in [3.8, 4) is 0 Å². The van der Waals surface area contributed by atoms with Gasteiger partial charge in [0.05, 0.1) is 0 Å². The molecule has 0 aromatic rings. The molecule has 0 amide bonds. The molecule has 0 saturated heterocycles. The molecule has 1 N–H and O–H groups in total. The van der Waals surface area contributed by atoms with Gasteiger partial charge in [-0.05, 0) is 6.92 Å². The predicted octanol–water partition coefficient (Wildman–Crippen LogP) is 2.07. The maximum absolute atomic E-state index is 3.69. The van der Waals surface area contributed by atoms with Crippen molar-refractivity contribution in [2.45, 2.75) is 13.0 Å². The highest BCUT2D eigenvalue weighted by atomic mass is 32.2. The fraction of sp³-hybridized carbons (Fsp3) is 0.556. The van der Waals surface area contributed by atoms with Gasteiger partial charge in [-0.15, -0.1) is 13.2 Å². The molecule has 0 heterocycles. The number of hydrogen-bond acceptors (Lipinski definition) is 2. The summed E-state index contributed by atoms with van der Waals surface area (Å²) in [6, 6.07) is 0.430. The average Bonchev–Trinajstić information content (AvgIpc) is 2.04. The molecule has 0 spiro atoms. The van der Waals surface area contributed by atoms with Crippen LogP contribution in [0.4, 0.5) is 0 Å². The third-order valence-electron chi connectivity index (χ3n) is 1.30. The molecule has 1 atom stereocenters. The highest BCUT2D eigenvalue weighted by Gasteiger charge is 1.92. The summed E-state index contributed by atoms with van der Waals surface area (Å²) in [6.45, 7) is 10.5. The molecule has 0 aliphatic rings. The van der Waals surface area contributed by atoms with E-state index >= 15 is 0 Å². The molecular weight excluding hydrogens is 154 g/mol. The summed E-state index contributed by atoms with van der Waals surface area (Å²) in [7, 11) is 0. The van der Waals surface area contributed by atoms with E-state index in [-0.39, 0.29) is 0 Å². The van der Waals surface area contributed by atoms with Crippen LogP contribution >= 0.6 is 11.8 Å². The van der Waals surface area contributed by atoms with Gasteiger partial charge in [0.2, 0.25) is 0 Å². The van der Waals surface area contributed by atoms with E-state index in [1.807, 2.05) is 23.9 Å². The predicted molar refractivity (Wildman–Crippen MR) is 55.2 cm³/mol. The Balaban J connectivity index is 3.01. The first-order valence-electron chi connectivity index (χ1n) is 3.86. The Morgan fingerprint density at radius 3 is 2.82 bits per heavy atom.